The van der Waals surface area contributed by atoms with Gasteiger partial charge in [0.25, 0.3) is 0 Å². The van der Waals surface area contributed by atoms with Gasteiger partial charge >= 0.3 is 11.9 Å². The average molecular weight is 546 g/mol. The van der Waals surface area contributed by atoms with E-state index in [2.05, 4.69) is 25.9 Å². The van der Waals surface area contributed by atoms with E-state index in [1.807, 2.05) is 0 Å². The maximum atomic E-state index is 13.3. The Balaban J connectivity index is 2.18. The summed E-state index contributed by atoms with van der Waals surface area (Å²) in [6.45, 7) is 0.449. The molecule has 39 heavy (non-hydrogen) atoms. The third-order valence-corrected chi connectivity index (χ3v) is 5.83. The number of rotatable bonds is 17. The Labute approximate surface area is 224 Å². The Morgan fingerprint density at radius 1 is 0.872 bits per heavy atom. The number of aromatic amines is 1. The van der Waals surface area contributed by atoms with Crippen molar-refractivity contribution in [2.75, 3.05) is 6.54 Å². The summed E-state index contributed by atoms with van der Waals surface area (Å²) in [4.78, 5) is 68.6. The standard InChI is InChI=1S/C25H35N7O7/c26-9-5-4-8-17(27)22(35)30-18(10-15-6-2-1-3-7-15)23(36)31-19(12-21(33)34)24(37)32-20(25(38)39)11-16-13-28-14-29-16/h1-3,6-7,13-14,17-20H,4-5,8-12,26-27H2,(H,28,29)(H,30,35)(H,31,36)(H,32,37)(H,33,34)(H,38,39). The van der Waals surface area contributed by atoms with Gasteiger partial charge in [-0.1, -0.05) is 36.8 Å². The van der Waals surface area contributed by atoms with Crippen LogP contribution in [0.15, 0.2) is 42.9 Å². The number of imidazole rings is 1. The first-order valence-electron chi connectivity index (χ1n) is 12.4. The molecule has 3 amide bonds. The van der Waals surface area contributed by atoms with Crippen molar-refractivity contribution in [1.29, 1.82) is 0 Å². The number of H-pyrrole nitrogens is 1. The number of unbranched alkanes of at least 4 members (excludes halogenated alkanes) is 1. The molecule has 0 saturated carbocycles. The Bertz CT molecular complexity index is 1100. The van der Waals surface area contributed by atoms with Gasteiger partial charge in [-0.25, -0.2) is 9.78 Å². The van der Waals surface area contributed by atoms with Gasteiger partial charge in [-0.15, -0.1) is 0 Å². The van der Waals surface area contributed by atoms with E-state index < -0.39 is 60.2 Å². The van der Waals surface area contributed by atoms with E-state index in [9.17, 15) is 34.2 Å². The highest BCUT2D eigenvalue weighted by Gasteiger charge is 2.32. The molecule has 0 spiro atoms. The average Bonchev–Trinajstić information content (AvgIpc) is 3.41. The third kappa shape index (κ3) is 10.9. The van der Waals surface area contributed by atoms with E-state index in [4.69, 9.17) is 11.5 Å². The number of amides is 3. The first kappa shape index (κ1) is 30.9. The normalized spacial score (nSPS) is 13.9. The van der Waals surface area contributed by atoms with E-state index in [0.29, 0.717) is 37.1 Å². The van der Waals surface area contributed by atoms with E-state index >= 15 is 0 Å². The number of hydrogen-bond acceptors (Lipinski definition) is 8. The van der Waals surface area contributed by atoms with Crippen molar-refractivity contribution in [3.63, 3.8) is 0 Å². The van der Waals surface area contributed by atoms with E-state index in [1.165, 1.54) is 12.5 Å². The van der Waals surface area contributed by atoms with Gasteiger partial charge in [0.05, 0.1) is 18.8 Å². The largest absolute Gasteiger partial charge is 0.481 e. The highest BCUT2D eigenvalue weighted by molar-refractivity contribution is 5.95. The van der Waals surface area contributed by atoms with Crippen LogP contribution in [0.1, 0.15) is 36.9 Å². The van der Waals surface area contributed by atoms with Gasteiger partial charge < -0.3 is 42.6 Å². The molecular weight excluding hydrogens is 510 g/mol. The lowest BCUT2D eigenvalue weighted by atomic mass is 10.0. The highest BCUT2D eigenvalue weighted by Crippen LogP contribution is 2.07. The van der Waals surface area contributed by atoms with Crippen LogP contribution in [0.4, 0.5) is 0 Å². The lowest BCUT2D eigenvalue weighted by Crippen LogP contribution is -2.58. The zero-order valence-electron chi connectivity index (χ0n) is 21.3. The summed E-state index contributed by atoms with van der Waals surface area (Å²) < 4.78 is 0. The number of nitrogens with two attached hydrogens (primary N) is 2. The topological polar surface area (TPSA) is 243 Å². The van der Waals surface area contributed by atoms with E-state index in [-0.39, 0.29) is 12.8 Å². The smallest absolute Gasteiger partial charge is 0.326 e. The van der Waals surface area contributed by atoms with Crippen molar-refractivity contribution in [3.05, 3.63) is 54.1 Å². The van der Waals surface area contributed by atoms with Gasteiger partial charge in [-0.05, 0) is 24.9 Å². The quantitative estimate of drug-likeness (QED) is 0.109. The van der Waals surface area contributed by atoms with Gasteiger partial charge in [0.2, 0.25) is 17.7 Å². The number of benzene rings is 1. The molecule has 212 valence electrons. The van der Waals surface area contributed by atoms with Crippen LogP contribution in [0.3, 0.4) is 0 Å². The van der Waals surface area contributed by atoms with Gasteiger partial charge in [0.1, 0.15) is 18.1 Å². The Morgan fingerprint density at radius 2 is 1.51 bits per heavy atom. The van der Waals surface area contributed by atoms with Crippen molar-refractivity contribution >= 4 is 29.7 Å². The number of nitrogens with zero attached hydrogens (tertiary/aromatic N) is 1. The molecule has 14 nitrogen and oxygen atoms in total. The monoisotopic (exact) mass is 545 g/mol. The van der Waals surface area contributed by atoms with Gasteiger partial charge in [0, 0.05) is 24.7 Å². The molecule has 0 radical (unpaired) electrons. The molecule has 1 heterocycles. The summed E-state index contributed by atoms with van der Waals surface area (Å²) >= 11 is 0. The van der Waals surface area contributed by atoms with Crippen molar-refractivity contribution < 1.29 is 34.2 Å². The molecule has 4 unspecified atom stereocenters. The molecule has 0 bridgehead atoms. The second-order valence-electron chi connectivity index (χ2n) is 8.98. The fourth-order valence-corrected chi connectivity index (χ4v) is 3.72. The van der Waals surface area contributed by atoms with Gasteiger partial charge in [-0.2, -0.15) is 0 Å². The molecule has 14 heteroatoms. The molecule has 10 N–H and O–H groups in total. The molecule has 2 rings (SSSR count). The molecule has 2 aromatic rings. The molecule has 0 fully saturated rings. The third-order valence-electron chi connectivity index (χ3n) is 5.83. The number of carboxylic acid groups (broad SMARTS) is 2. The SMILES string of the molecule is NCCCCC(N)C(=O)NC(Cc1ccccc1)C(=O)NC(CC(=O)O)C(=O)NC(Cc1cnc[nH]1)C(=O)O. The second kappa shape index (κ2) is 15.8. The molecule has 0 aliphatic heterocycles. The van der Waals surface area contributed by atoms with Crippen molar-refractivity contribution in [2.45, 2.75) is 62.7 Å². The van der Waals surface area contributed by atoms with E-state index in [1.54, 1.807) is 30.3 Å². The van der Waals surface area contributed by atoms with Crippen LogP contribution >= 0.6 is 0 Å². The number of aromatic nitrogens is 2. The maximum Gasteiger partial charge on any atom is 0.326 e. The fourth-order valence-electron chi connectivity index (χ4n) is 3.72. The molecular formula is C25H35N7O7. The molecule has 0 aliphatic rings. The number of hydrogen-bond donors (Lipinski definition) is 8. The summed E-state index contributed by atoms with van der Waals surface area (Å²) in [5, 5.41) is 26.1. The molecule has 1 aromatic heterocycles. The first-order chi connectivity index (χ1) is 18.6. The van der Waals surface area contributed by atoms with Crippen molar-refractivity contribution in [2.24, 2.45) is 11.5 Å². The van der Waals surface area contributed by atoms with Crippen LogP contribution in [-0.4, -0.2) is 80.6 Å². The molecule has 0 saturated heterocycles. The zero-order valence-corrected chi connectivity index (χ0v) is 21.3. The minimum absolute atomic E-state index is 0.0346. The summed E-state index contributed by atoms with van der Waals surface area (Å²) in [6.07, 6.45) is 3.43. The highest BCUT2D eigenvalue weighted by atomic mass is 16.4. The van der Waals surface area contributed by atoms with Crippen LogP contribution in [0.2, 0.25) is 0 Å². The molecule has 0 aliphatic carbocycles. The van der Waals surface area contributed by atoms with Gasteiger partial charge in [-0.3, -0.25) is 19.2 Å². The number of carbonyl (C=O) groups is 5. The predicted octanol–water partition coefficient (Wildman–Crippen LogP) is -1.34. The Kier molecular flexibility index (Phi) is 12.6. The van der Waals surface area contributed by atoms with Crippen LogP contribution < -0.4 is 27.4 Å². The fraction of sp³-hybridized carbons (Fsp3) is 0.440. The predicted molar refractivity (Wildman–Crippen MR) is 139 cm³/mol. The summed E-state index contributed by atoms with van der Waals surface area (Å²) in [7, 11) is 0. The van der Waals surface area contributed by atoms with Crippen molar-refractivity contribution in [1.82, 2.24) is 25.9 Å². The summed E-state index contributed by atoms with van der Waals surface area (Å²) in [5.74, 6) is -5.20. The number of carbonyl (C=O) groups excluding carboxylic acids is 3. The lowest BCUT2D eigenvalue weighted by molar-refractivity contribution is -0.143. The second-order valence-corrected chi connectivity index (χ2v) is 8.98. The minimum atomic E-state index is -1.62. The summed E-state index contributed by atoms with van der Waals surface area (Å²) in [5.41, 5.74) is 12.6. The van der Waals surface area contributed by atoms with Crippen LogP contribution in [0, 0.1) is 0 Å². The molecule has 4 atom stereocenters. The number of aliphatic carboxylic acids is 2. The zero-order chi connectivity index (χ0) is 28.8. The lowest BCUT2D eigenvalue weighted by Gasteiger charge is -2.24. The van der Waals surface area contributed by atoms with Crippen molar-refractivity contribution in [3.8, 4) is 0 Å². The van der Waals surface area contributed by atoms with Crippen LogP contribution in [-0.2, 0) is 36.8 Å². The number of nitrogens with one attached hydrogen (secondary N) is 4. The van der Waals surface area contributed by atoms with Crippen LogP contribution in [0.25, 0.3) is 0 Å². The Morgan fingerprint density at radius 3 is 2.10 bits per heavy atom. The molecule has 1 aromatic carbocycles. The Hall–Kier alpha value is -4.30. The first-order valence-corrected chi connectivity index (χ1v) is 12.4. The summed E-state index contributed by atoms with van der Waals surface area (Å²) in [6, 6.07) is 3.62. The number of carboxylic acids is 2. The van der Waals surface area contributed by atoms with Gasteiger partial charge in [0.15, 0.2) is 0 Å². The van der Waals surface area contributed by atoms with Crippen LogP contribution in [0.5, 0.6) is 0 Å². The van der Waals surface area contributed by atoms with E-state index in [0.717, 1.165) is 0 Å². The minimum Gasteiger partial charge on any atom is -0.481 e. The maximum absolute atomic E-state index is 13.3.